The summed E-state index contributed by atoms with van der Waals surface area (Å²) in [5, 5.41) is 12.5. The first-order valence-electron chi connectivity index (χ1n) is 5.54. The minimum Gasteiger partial charge on any atom is -0.477 e. The molecule has 3 aromatic heterocycles. The quantitative estimate of drug-likeness (QED) is 0.747. The van der Waals surface area contributed by atoms with Gasteiger partial charge in [0, 0.05) is 33.7 Å². The lowest BCUT2D eigenvalue weighted by molar-refractivity contribution is 0.0702. The molecule has 102 valence electrons. The van der Waals surface area contributed by atoms with Gasteiger partial charge >= 0.3 is 5.97 Å². The summed E-state index contributed by atoms with van der Waals surface area (Å²) < 4.78 is 1.51. The largest absolute Gasteiger partial charge is 0.477 e. The molecule has 0 atom stereocenters. The Kier molecular flexibility index (Phi) is 3.60. The molecule has 0 amide bonds. The van der Waals surface area contributed by atoms with Gasteiger partial charge in [-0.1, -0.05) is 0 Å². The van der Waals surface area contributed by atoms with Crippen LogP contribution in [0.4, 0.5) is 0 Å². The average molecular weight is 324 g/mol. The van der Waals surface area contributed by atoms with Crippen LogP contribution in [0.1, 0.15) is 15.4 Å². The summed E-state index contributed by atoms with van der Waals surface area (Å²) in [4.78, 5) is 28.9. The van der Waals surface area contributed by atoms with E-state index in [0.29, 0.717) is 21.3 Å². The third-order valence-corrected chi connectivity index (χ3v) is 5.36. The fourth-order valence-electron chi connectivity index (χ4n) is 1.63. The van der Waals surface area contributed by atoms with Crippen LogP contribution in [0.3, 0.4) is 0 Å². The zero-order chi connectivity index (χ0) is 14.1. The van der Waals surface area contributed by atoms with Crippen molar-refractivity contribution in [3.05, 3.63) is 50.0 Å². The molecule has 3 rings (SSSR count). The van der Waals surface area contributed by atoms with Crippen molar-refractivity contribution < 1.29 is 9.90 Å². The number of carbonyl (C=O) groups is 1. The van der Waals surface area contributed by atoms with Gasteiger partial charge < -0.3 is 5.11 Å². The molecule has 0 saturated carbocycles. The highest BCUT2D eigenvalue weighted by Crippen LogP contribution is 2.27. The third kappa shape index (κ3) is 2.62. The van der Waals surface area contributed by atoms with Crippen molar-refractivity contribution in [3.63, 3.8) is 0 Å². The molecule has 20 heavy (non-hydrogen) atoms. The van der Waals surface area contributed by atoms with Crippen molar-refractivity contribution >= 4 is 45.4 Å². The molecule has 3 aromatic rings. The van der Waals surface area contributed by atoms with Crippen LogP contribution in [0.15, 0.2) is 38.8 Å². The number of rotatable bonds is 4. The van der Waals surface area contributed by atoms with Crippen LogP contribution in [0.2, 0.25) is 0 Å². The third-order valence-electron chi connectivity index (χ3n) is 2.53. The van der Waals surface area contributed by atoms with E-state index in [2.05, 4.69) is 4.98 Å². The molecule has 0 bridgehead atoms. The van der Waals surface area contributed by atoms with Gasteiger partial charge in [0.05, 0.1) is 5.69 Å². The predicted octanol–water partition coefficient (Wildman–Crippen LogP) is 2.81. The second-order valence-corrected chi connectivity index (χ2v) is 6.71. The number of nitrogens with zero attached hydrogens (tertiary/aromatic N) is 2. The van der Waals surface area contributed by atoms with Gasteiger partial charge in [-0.05, 0) is 6.07 Å². The number of thioether (sulfide) groups is 1. The van der Waals surface area contributed by atoms with Crippen molar-refractivity contribution in [2.24, 2.45) is 0 Å². The van der Waals surface area contributed by atoms with Crippen LogP contribution in [0.5, 0.6) is 0 Å². The monoisotopic (exact) mass is 324 g/mol. The Bertz CT molecular complexity index is 834. The number of aromatic nitrogens is 2. The highest BCUT2D eigenvalue weighted by molar-refractivity contribution is 7.98. The predicted molar refractivity (Wildman–Crippen MR) is 80.2 cm³/mol. The minimum absolute atomic E-state index is 0.0941. The highest BCUT2D eigenvalue weighted by Gasteiger charge is 2.08. The van der Waals surface area contributed by atoms with Gasteiger partial charge in [0.1, 0.15) is 4.88 Å². The molecule has 5 nitrogen and oxygen atoms in total. The second-order valence-electron chi connectivity index (χ2n) is 3.88. The van der Waals surface area contributed by atoms with Crippen LogP contribution in [-0.4, -0.2) is 20.5 Å². The highest BCUT2D eigenvalue weighted by atomic mass is 32.2. The first kappa shape index (κ1) is 13.3. The van der Waals surface area contributed by atoms with E-state index in [1.165, 1.54) is 44.9 Å². The van der Waals surface area contributed by atoms with E-state index in [9.17, 15) is 9.59 Å². The molecular formula is C12H8N2O3S3. The molecule has 3 heterocycles. The Morgan fingerprint density at radius 3 is 3.00 bits per heavy atom. The zero-order valence-corrected chi connectivity index (χ0v) is 12.4. The maximum atomic E-state index is 11.8. The molecule has 0 unspecified atom stereocenters. The molecular weight excluding hydrogens is 316 g/mol. The van der Waals surface area contributed by atoms with Crippen LogP contribution in [0.25, 0.3) is 4.96 Å². The van der Waals surface area contributed by atoms with E-state index in [0.717, 1.165) is 4.90 Å². The van der Waals surface area contributed by atoms with Gasteiger partial charge in [-0.15, -0.1) is 34.4 Å². The van der Waals surface area contributed by atoms with Crippen molar-refractivity contribution in [1.29, 1.82) is 0 Å². The van der Waals surface area contributed by atoms with E-state index in [1.54, 1.807) is 17.6 Å². The number of thiophene rings is 1. The summed E-state index contributed by atoms with van der Waals surface area (Å²) in [7, 11) is 0. The Hall–Kier alpha value is -1.64. The molecule has 0 saturated heterocycles. The van der Waals surface area contributed by atoms with Gasteiger partial charge in [0.2, 0.25) is 0 Å². The summed E-state index contributed by atoms with van der Waals surface area (Å²) in [5.41, 5.74) is 0.605. The van der Waals surface area contributed by atoms with E-state index in [-0.39, 0.29) is 5.56 Å². The molecule has 0 aromatic carbocycles. The Morgan fingerprint density at radius 2 is 2.25 bits per heavy atom. The van der Waals surface area contributed by atoms with Crippen molar-refractivity contribution in [2.45, 2.75) is 10.6 Å². The van der Waals surface area contributed by atoms with Crippen molar-refractivity contribution in [1.82, 2.24) is 9.38 Å². The summed E-state index contributed by atoms with van der Waals surface area (Å²) in [6, 6.07) is 3.14. The molecule has 1 N–H and O–H groups in total. The van der Waals surface area contributed by atoms with Gasteiger partial charge in [0.15, 0.2) is 4.96 Å². The number of carboxylic acids is 1. The zero-order valence-electron chi connectivity index (χ0n) is 9.98. The lowest BCUT2D eigenvalue weighted by atomic mass is 10.4. The summed E-state index contributed by atoms with van der Waals surface area (Å²) in [5.74, 6) is -0.377. The second kappa shape index (κ2) is 5.39. The molecule has 8 heteroatoms. The van der Waals surface area contributed by atoms with E-state index in [4.69, 9.17) is 5.11 Å². The van der Waals surface area contributed by atoms with E-state index in [1.807, 2.05) is 5.38 Å². The van der Waals surface area contributed by atoms with E-state index >= 15 is 0 Å². The fraction of sp³-hybridized carbons (Fsp3) is 0.0833. The number of carboxylic acid groups (broad SMARTS) is 1. The summed E-state index contributed by atoms with van der Waals surface area (Å²) >= 11 is 4.08. The number of fused-ring (bicyclic) bond motifs is 1. The van der Waals surface area contributed by atoms with Crippen LogP contribution in [0, 0.1) is 0 Å². The Morgan fingerprint density at radius 1 is 1.40 bits per heavy atom. The van der Waals surface area contributed by atoms with Crippen LogP contribution < -0.4 is 5.56 Å². The van der Waals surface area contributed by atoms with Crippen molar-refractivity contribution in [3.8, 4) is 0 Å². The van der Waals surface area contributed by atoms with Crippen LogP contribution in [-0.2, 0) is 5.75 Å². The lowest BCUT2D eigenvalue weighted by Gasteiger charge is -1.99. The fourth-order valence-corrected chi connectivity index (χ4v) is 4.13. The first-order chi connectivity index (χ1) is 9.63. The average Bonchev–Trinajstić information content (AvgIpc) is 3.05. The van der Waals surface area contributed by atoms with Gasteiger partial charge in [-0.3, -0.25) is 9.20 Å². The number of hydrogen-bond donors (Lipinski definition) is 1. The molecule has 0 aliphatic heterocycles. The first-order valence-corrected chi connectivity index (χ1v) is 8.28. The molecule has 0 aliphatic carbocycles. The summed E-state index contributed by atoms with van der Waals surface area (Å²) in [6.07, 6.45) is 1.70. The standard InChI is InChI=1S/C12H8N2O3S3/c15-10-3-7(13-12-14(10)1-2-18-12)5-19-8-4-9(11(16)17)20-6-8/h1-4,6H,5H2,(H,16,17). The lowest BCUT2D eigenvalue weighted by Crippen LogP contribution is -2.12. The Labute approximate surface area is 125 Å². The van der Waals surface area contributed by atoms with Gasteiger partial charge in [-0.2, -0.15) is 0 Å². The van der Waals surface area contributed by atoms with Crippen LogP contribution >= 0.6 is 34.4 Å². The maximum Gasteiger partial charge on any atom is 0.345 e. The van der Waals surface area contributed by atoms with Crippen molar-refractivity contribution in [2.75, 3.05) is 0 Å². The topological polar surface area (TPSA) is 71.7 Å². The summed E-state index contributed by atoms with van der Waals surface area (Å²) in [6.45, 7) is 0. The SMILES string of the molecule is O=C(O)c1cc(SCc2cc(=O)n3ccsc3n2)cs1. The number of thiazole rings is 1. The van der Waals surface area contributed by atoms with E-state index < -0.39 is 5.97 Å². The Balaban J connectivity index is 1.79. The number of aromatic carboxylic acids is 1. The normalized spacial score (nSPS) is 11.0. The molecule has 0 spiro atoms. The smallest absolute Gasteiger partial charge is 0.345 e. The maximum absolute atomic E-state index is 11.8. The molecule has 0 radical (unpaired) electrons. The van der Waals surface area contributed by atoms with Gasteiger partial charge in [-0.25, -0.2) is 9.78 Å². The van der Waals surface area contributed by atoms with Gasteiger partial charge in [0.25, 0.3) is 5.56 Å². The number of hydrogen-bond acceptors (Lipinski definition) is 6. The minimum atomic E-state index is -0.918. The molecule has 0 aliphatic rings. The molecule has 0 fully saturated rings.